The molecule has 0 unspecified atom stereocenters. The first-order valence-electron chi connectivity index (χ1n) is 11.5. The molecule has 3 fully saturated rings. The van der Waals surface area contributed by atoms with Gasteiger partial charge in [0, 0.05) is 0 Å². The second kappa shape index (κ2) is 8.18. The van der Waals surface area contributed by atoms with E-state index in [-0.39, 0.29) is 40.3 Å². The van der Waals surface area contributed by atoms with Gasteiger partial charge in [0.05, 0.1) is 23.0 Å². The Kier molecular flexibility index (Phi) is 5.71. The summed E-state index contributed by atoms with van der Waals surface area (Å²) < 4.78 is 62.2. The molecule has 6 nitrogen and oxygen atoms in total. The summed E-state index contributed by atoms with van der Waals surface area (Å²) >= 11 is 0. The van der Waals surface area contributed by atoms with Gasteiger partial charge in [0.25, 0.3) is 20.2 Å². The van der Waals surface area contributed by atoms with Gasteiger partial charge in [-0.1, -0.05) is 35.4 Å². The largest absolute Gasteiger partial charge is 0.296 e. The molecule has 178 valence electrons. The molecule has 0 heterocycles. The van der Waals surface area contributed by atoms with Crippen LogP contribution in [0.5, 0.6) is 0 Å². The van der Waals surface area contributed by atoms with Crippen LogP contribution in [0.4, 0.5) is 0 Å². The molecule has 3 saturated carbocycles. The fraction of sp³-hybridized carbons (Fsp3) is 0.520. The Bertz CT molecular complexity index is 1130. The second-order valence-electron chi connectivity index (χ2n) is 9.95. The summed E-state index contributed by atoms with van der Waals surface area (Å²) in [4.78, 5) is 0.291. The molecule has 0 aromatic heterocycles. The standard InChI is InChI=1S/C25H30O6S2/c1-17-3-7-19(8-4-17)32(26,27)30-15-21-22(24-12-11-23(21)25(24)13-14-25)16-31-33(28,29)20-9-5-18(2)6-10-20/h3-10,21-24H,11-16H2,1-2H3/t21-,22-,23-,24-/m1/s1. The topological polar surface area (TPSA) is 86.7 Å². The zero-order valence-electron chi connectivity index (χ0n) is 18.9. The highest BCUT2D eigenvalue weighted by atomic mass is 32.2. The lowest BCUT2D eigenvalue weighted by atomic mass is 9.80. The normalized spacial score (nSPS) is 27.8. The molecular formula is C25H30O6S2. The molecule has 4 atom stereocenters. The highest BCUT2D eigenvalue weighted by Gasteiger charge is 2.68. The van der Waals surface area contributed by atoms with Gasteiger partial charge in [-0.05, 0) is 92.9 Å². The maximum atomic E-state index is 12.8. The minimum absolute atomic E-state index is 0.0281. The van der Waals surface area contributed by atoms with Crippen molar-refractivity contribution >= 4 is 20.2 Å². The molecule has 0 amide bonds. The minimum atomic E-state index is -3.87. The van der Waals surface area contributed by atoms with Gasteiger partial charge in [0.2, 0.25) is 0 Å². The molecule has 5 rings (SSSR count). The van der Waals surface area contributed by atoms with Gasteiger partial charge >= 0.3 is 0 Å². The van der Waals surface area contributed by atoms with E-state index in [1.165, 1.54) is 0 Å². The highest BCUT2D eigenvalue weighted by molar-refractivity contribution is 7.87. The molecule has 2 aromatic carbocycles. The molecule has 33 heavy (non-hydrogen) atoms. The summed E-state index contributed by atoms with van der Waals surface area (Å²) in [5.41, 5.74) is 2.18. The van der Waals surface area contributed by atoms with E-state index in [0.717, 1.165) is 36.8 Å². The minimum Gasteiger partial charge on any atom is -0.266 e. The van der Waals surface area contributed by atoms with Crippen molar-refractivity contribution in [3.63, 3.8) is 0 Å². The molecule has 8 heteroatoms. The van der Waals surface area contributed by atoms with Gasteiger partial charge < -0.3 is 0 Å². The van der Waals surface area contributed by atoms with Gasteiger partial charge in [-0.2, -0.15) is 16.8 Å². The molecule has 0 radical (unpaired) electrons. The van der Waals surface area contributed by atoms with E-state index in [0.29, 0.717) is 11.8 Å². The van der Waals surface area contributed by atoms with Crippen LogP contribution in [-0.4, -0.2) is 30.0 Å². The van der Waals surface area contributed by atoms with Crippen LogP contribution in [-0.2, 0) is 28.6 Å². The lowest BCUT2D eigenvalue weighted by Crippen LogP contribution is -2.31. The first-order chi connectivity index (χ1) is 15.6. The van der Waals surface area contributed by atoms with E-state index in [1.807, 2.05) is 13.8 Å². The zero-order valence-corrected chi connectivity index (χ0v) is 20.6. The number of benzene rings is 2. The highest BCUT2D eigenvalue weighted by Crippen LogP contribution is 2.74. The van der Waals surface area contributed by atoms with Crippen LogP contribution in [0.15, 0.2) is 58.3 Å². The Morgan fingerprint density at radius 2 is 1.06 bits per heavy atom. The molecule has 0 N–H and O–H groups in total. The van der Waals surface area contributed by atoms with E-state index in [4.69, 9.17) is 8.37 Å². The van der Waals surface area contributed by atoms with E-state index in [2.05, 4.69) is 0 Å². The molecule has 3 aliphatic rings. The number of hydrogen-bond donors (Lipinski definition) is 0. The summed E-state index contributed by atoms with van der Waals surface area (Å²) in [6.45, 7) is 3.93. The van der Waals surface area contributed by atoms with Crippen molar-refractivity contribution in [3.05, 3.63) is 59.7 Å². The van der Waals surface area contributed by atoms with Gasteiger partial charge in [0.15, 0.2) is 0 Å². The van der Waals surface area contributed by atoms with Crippen LogP contribution in [0, 0.1) is 42.9 Å². The van der Waals surface area contributed by atoms with Gasteiger partial charge in [-0.15, -0.1) is 0 Å². The van der Waals surface area contributed by atoms with Crippen molar-refractivity contribution in [2.24, 2.45) is 29.1 Å². The molecule has 1 spiro atoms. The maximum Gasteiger partial charge on any atom is 0.296 e. The zero-order chi connectivity index (χ0) is 23.4. The molecular weight excluding hydrogens is 460 g/mol. The Hall–Kier alpha value is -1.74. The van der Waals surface area contributed by atoms with Crippen molar-refractivity contribution in [1.29, 1.82) is 0 Å². The van der Waals surface area contributed by atoms with E-state index in [9.17, 15) is 16.8 Å². The van der Waals surface area contributed by atoms with Crippen molar-refractivity contribution in [2.45, 2.75) is 49.3 Å². The Morgan fingerprint density at radius 1 is 0.697 bits per heavy atom. The lowest BCUT2D eigenvalue weighted by Gasteiger charge is -2.30. The third kappa shape index (κ3) is 4.16. The second-order valence-corrected chi connectivity index (χ2v) is 13.2. The number of rotatable bonds is 8. The SMILES string of the molecule is Cc1ccc(S(=O)(=O)OC[C@@H]2[C@@H](COS(=O)(=O)c3ccc(C)cc3)[C@H]3CC[C@H]2C32CC2)cc1. The van der Waals surface area contributed by atoms with Gasteiger partial charge in [0.1, 0.15) is 0 Å². The average molecular weight is 491 g/mol. The lowest BCUT2D eigenvalue weighted by molar-refractivity contribution is 0.101. The third-order valence-electron chi connectivity index (χ3n) is 8.13. The average Bonchev–Trinajstić information content (AvgIpc) is 3.44. The van der Waals surface area contributed by atoms with Crippen molar-refractivity contribution in [2.75, 3.05) is 13.2 Å². The van der Waals surface area contributed by atoms with Crippen molar-refractivity contribution in [1.82, 2.24) is 0 Å². The maximum absolute atomic E-state index is 12.8. The molecule has 0 aliphatic heterocycles. The molecule has 2 bridgehead atoms. The summed E-state index contributed by atoms with van der Waals surface area (Å²) in [5, 5.41) is 0. The summed E-state index contributed by atoms with van der Waals surface area (Å²) in [6, 6.07) is 13.2. The first-order valence-corrected chi connectivity index (χ1v) is 14.4. The van der Waals surface area contributed by atoms with Gasteiger partial charge in [-0.25, -0.2) is 0 Å². The monoisotopic (exact) mass is 490 g/mol. The van der Waals surface area contributed by atoms with E-state index < -0.39 is 20.2 Å². The van der Waals surface area contributed by atoms with Crippen LogP contribution in [0.2, 0.25) is 0 Å². The molecule has 2 aromatic rings. The summed E-state index contributed by atoms with van der Waals surface area (Å²) in [5.74, 6) is 0.678. The molecule has 0 saturated heterocycles. The van der Waals surface area contributed by atoms with Crippen molar-refractivity contribution in [3.8, 4) is 0 Å². The van der Waals surface area contributed by atoms with Crippen molar-refractivity contribution < 1.29 is 25.2 Å². The van der Waals surface area contributed by atoms with Crippen LogP contribution in [0.3, 0.4) is 0 Å². The van der Waals surface area contributed by atoms with E-state index >= 15 is 0 Å². The van der Waals surface area contributed by atoms with E-state index in [1.54, 1.807) is 48.5 Å². The Labute approximate surface area is 196 Å². The van der Waals surface area contributed by atoms with Crippen LogP contribution >= 0.6 is 0 Å². The predicted molar refractivity (Wildman–Crippen MR) is 123 cm³/mol. The summed E-state index contributed by atoms with van der Waals surface area (Å²) in [6.07, 6.45) is 4.35. The fourth-order valence-electron chi connectivity index (χ4n) is 6.33. The summed E-state index contributed by atoms with van der Waals surface area (Å²) in [7, 11) is -7.74. The number of aryl methyl sites for hydroxylation is 2. The van der Waals surface area contributed by atoms with Crippen LogP contribution in [0.1, 0.15) is 36.8 Å². The Balaban J connectivity index is 1.32. The Morgan fingerprint density at radius 3 is 1.39 bits per heavy atom. The fourth-order valence-corrected chi connectivity index (χ4v) is 8.22. The quantitative estimate of drug-likeness (QED) is 0.508. The molecule has 3 aliphatic carbocycles. The smallest absolute Gasteiger partial charge is 0.266 e. The van der Waals surface area contributed by atoms with Crippen LogP contribution < -0.4 is 0 Å². The first kappa shape index (κ1) is 23.0. The predicted octanol–water partition coefficient (Wildman–Crippen LogP) is 4.47. The number of hydrogen-bond acceptors (Lipinski definition) is 6. The van der Waals surface area contributed by atoms with Gasteiger partial charge in [-0.3, -0.25) is 8.37 Å². The third-order valence-corrected chi connectivity index (χ3v) is 10.7. The van der Waals surface area contributed by atoms with Crippen LogP contribution in [0.25, 0.3) is 0 Å².